The molecule has 0 radical (unpaired) electrons. The SMILES string of the molecule is Cc1nnc(NC(=O)C(C)(C)C2c3ccc(Cl)nc3Oc3nc(-c4ccc(C(=O)N5CCOCC5)cc4)ccc32)s1. The van der Waals surface area contributed by atoms with E-state index in [0.717, 1.165) is 21.7 Å². The van der Waals surface area contributed by atoms with Gasteiger partial charge in [-0.3, -0.25) is 9.59 Å². The molecule has 2 aliphatic rings. The predicted molar refractivity (Wildman–Crippen MR) is 155 cm³/mol. The normalized spacial score (nSPS) is 16.4. The molecule has 0 spiro atoms. The molecule has 10 nitrogen and oxygen atoms in total. The fourth-order valence-corrected chi connectivity index (χ4v) is 5.88. The van der Waals surface area contributed by atoms with Gasteiger partial charge in [0.1, 0.15) is 10.2 Å². The molecule has 1 aromatic carbocycles. The minimum absolute atomic E-state index is 0.0202. The van der Waals surface area contributed by atoms with E-state index in [4.69, 9.17) is 26.1 Å². The van der Waals surface area contributed by atoms with Crippen molar-refractivity contribution in [3.05, 3.63) is 75.4 Å². The van der Waals surface area contributed by atoms with E-state index in [1.807, 2.05) is 51.1 Å². The Morgan fingerprint density at radius 1 is 0.976 bits per heavy atom. The Kier molecular flexibility index (Phi) is 7.18. The third-order valence-corrected chi connectivity index (χ3v) is 8.30. The zero-order valence-corrected chi connectivity index (χ0v) is 24.3. The molecule has 0 aliphatic carbocycles. The highest BCUT2D eigenvalue weighted by Crippen LogP contribution is 2.51. The molecule has 0 saturated carbocycles. The topological polar surface area (TPSA) is 119 Å². The maximum Gasteiger partial charge on any atom is 0.254 e. The number of morpholine rings is 1. The summed E-state index contributed by atoms with van der Waals surface area (Å²) in [7, 11) is 0. The van der Waals surface area contributed by atoms with E-state index in [0.29, 0.717) is 54.5 Å². The maximum atomic E-state index is 13.6. The maximum absolute atomic E-state index is 13.6. The van der Waals surface area contributed by atoms with Gasteiger partial charge in [0.25, 0.3) is 5.91 Å². The molecule has 1 saturated heterocycles. The second kappa shape index (κ2) is 10.8. The van der Waals surface area contributed by atoms with E-state index in [2.05, 4.69) is 20.5 Å². The fourth-order valence-electron chi connectivity index (χ4n) is 5.15. The standard InChI is InChI=1S/C29H27ClN6O4S/c1-16-34-35-28(41-16)33-27(38)29(2,3)23-19-8-10-21(31-24(19)40-25-20(23)9-11-22(30)32-25)17-4-6-18(7-5-17)26(37)36-12-14-39-15-13-36/h4-11,23H,12-15H2,1-3H3,(H,33,35,38). The Labute approximate surface area is 245 Å². The minimum atomic E-state index is -0.951. The van der Waals surface area contributed by atoms with Crippen LogP contribution in [-0.2, 0) is 9.53 Å². The Morgan fingerprint density at radius 2 is 1.66 bits per heavy atom. The summed E-state index contributed by atoms with van der Waals surface area (Å²) in [5.41, 5.74) is 2.61. The molecule has 1 atom stereocenters. The van der Waals surface area contributed by atoms with Gasteiger partial charge in [-0.05, 0) is 37.3 Å². The molecule has 4 aromatic rings. The number of hydrogen-bond donors (Lipinski definition) is 1. The number of aromatic nitrogens is 4. The molecule has 3 aromatic heterocycles. The minimum Gasteiger partial charge on any atom is -0.420 e. The third-order valence-electron chi connectivity index (χ3n) is 7.34. The largest absolute Gasteiger partial charge is 0.420 e. The number of anilines is 1. The molecule has 5 heterocycles. The van der Waals surface area contributed by atoms with Crippen molar-refractivity contribution in [2.45, 2.75) is 26.7 Å². The number of aryl methyl sites for hydroxylation is 1. The first-order chi connectivity index (χ1) is 19.7. The second-order valence-electron chi connectivity index (χ2n) is 10.4. The smallest absolute Gasteiger partial charge is 0.254 e. The van der Waals surface area contributed by atoms with Crippen LogP contribution in [0.2, 0.25) is 5.15 Å². The van der Waals surface area contributed by atoms with Crippen molar-refractivity contribution in [1.29, 1.82) is 0 Å². The number of nitrogens with zero attached hydrogens (tertiary/aromatic N) is 5. The van der Waals surface area contributed by atoms with Gasteiger partial charge < -0.3 is 19.7 Å². The number of rotatable bonds is 5. The zero-order valence-electron chi connectivity index (χ0n) is 22.7. The van der Waals surface area contributed by atoms with Gasteiger partial charge in [-0.25, -0.2) is 9.97 Å². The van der Waals surface area contributed by atoms with Gasteiger partial charge in [0.2, 0.25) is 22.8 Å². The van der Waals surface area contributed by atoms with E-state index >= 15 is 0 Å². The number of nitrogens with one attached hydrogen (secondary N) is 1. The summed E-state index contributed by atoms with van der Waals surface area (Å²) < 4.78 is 11.5. The summed E-state index contributed by atoms with van der Waals surface area (Å²) in [6, 6.07) is 14.7. The molecule has 2 aliphatic heterocycles. The van der Waals surface area contributed by atoms with Crippen molar-refractivity contribution in [2.75, 3.05) is 31.6 Å². The number of fused-ring (bicyclic) bond motifs is 2. The van der Waals surface area contributed by atoms with Gasteiger partial charge in [0.05, 0.1) is 24.3 Å². The second-order valence-corrected chi connectivity index (χ2v) is 12.0. The quantitative estimate of drug-likeness (QED) is 0.310. The molecule has 12 heteroatoms. The zero-order chi connectivity index (χ0) is 28.7. The summed E-state index contributed by atoms with van der Waals surface area (Å²) in [5, 5.41) is 12.4. The number of halogens is 1. The summed E-state index contributed by atoms with van der Waals surface area (Å²) in [4.78, 5) is 37.5. The molecule has 1 N–H and O–H groups in total. The van der Waals surface area contributed by atoms with Crippen molar-refractivity contribution in [1.82, 2.24) is 25.1 Å². The average molecular weight is 591 g/mol. The Morgan fingerprint density at radius 3 is 2.34 bits per heavy atom. The number of pyridine rings is 2. The van der Waals surface area contributed by atoms with E-state index in [-0.39, 0.29) is 17.0 Å². The van der Waals surface area contributed by atoms with Crippen LogP contribution in [0.15, 0.2) is 48.5 Å². The first kappa shape index (κ1) is 27.3. The van der Waals surface area contributed by atoms with Crippen LogP contribution in [0.1, 0.15) is 46.3 Å². The molecule has 1 unspecified atom stereocenters. The number of benzene rings is 1. The number of hydrogen-bond acceptors (Lipinski definition) is 9. The number of carbonyl (C=O) groups is 2. The lowest BCUT2D eigenvalue weighted by atomic mass is 9.70. The molecule has 0 bridgehead atoms. The summed E-state index contributed by atoms with van der Waals surface area (Å²) >= 11 is 7.53. The lowest BCUT2D eigenvalue weighted by molar-refractivity contribution is -0.124. The average Bonchev–Trinajstić information content (AvgIpc) is 3.39. The van der Waals surface area contributed by atoms with Crippen LogP contribution in [0, 0.1) is 12.3 Å². The van der Waals surface area contributed by atoms with Crippen molar-refractivity contribution in [3.63, 3.8) is 0 Å². The van der Waals surface area contributed by atoms with Crippen LogP contribution in [-0.4, -0.2) is 63.2 Å². The van der Waals surface area contributed by atoms with Gasteiger partial charge in [-0.1, -0.05) is 55.0 Å². The molecule has 210 valence electrons. The van der Waals surface area contributed by atoms with Crippen LogP contribution in [0.5, 0.6) is 11.8 Å². The third kappa shape index (κ3) is 5.28. The van der Waals surface area contributed by atoms with E-state index < -0.39 is 11.3 Å². The van der Waals surface area contributed by atoms with Crippen molar-refractivity contribution in [2.24, 2.45) is 5.41 Å². The lowest BCUT2D eigenvalue weighted by Crippen LogP contribution is -2.40. The van der Waals surface area contributed by atoms with Crippen LogP contribution in [0.4, 0.5) is 5.13 Å². The highest BCUT2D eigenvalue weighted by Gasteiger charge is 2.45. The summed E-state index contributed by atoms with van der Waals surface area (Å²) in [6.45, 7) is 7.83. The van der Waals surface area contributed by atoms with Gasteiger partial charge in [0, 0.05) is 41.3 Å². The van der Waals surface area contributed by atoms with Crippen molar-refractivity contribution in [3.8, 4) is 23.0 Å². The number of amides is 2. The van der Waals surface area contributed by atoms with E-state index in [1.54, 1.807) is 23.1 Å². The van der Waals surface area contributed by atoms with Gasteiger partial charge in [-0.15, -0.1) is 10.2 Å². The Bertz CT molecular complexity index is 1630. The Hall–Kier alpha value is -3.93. The molecular formula is C29H27ClN6O4S. The first-order valence-electron chi connectivity index (χ1n) is 13.1. The van der Waals surface area contributed by atoms with Crippen molar-refractivity contribution >= 4 is 39.9 Å². The number of carbonyl (C=O) groups excluding carboxylic acids is 2. The highest BCUT2D eigenvalue weighted by atomic mass is 35.5. The lowest BCUT2D eigenvalue weighted by Gasteiger charge is -2.37. The van der Waals surface area contributed by atoms with Crippen LogP contribution in [0.25, 0.3) is 11.3 Å². The molecule has 6 rings (SSSR count). The van der Waals surface area contributed by atoms with Crippen LogP contribution in [0.3, 0.4) is 0 Å². The molecule has 41 heavy (non-hydrogen) atoms. The van der Waals surface area contributed by atoms with Crippen LogP contribution < -0.4 is 10.1 Å². The van der Waals surface area contributed by atoms with Gasteiger partial charge >= 0.3 is 0 Å². The Balaban J connectivity index is 1.33. The number of ether oxygens (including phenoxy) is 2. The summed E-state index contributed by atoms with van der Waals surface area (Å²) in [5.74, 6) is -0.0325. The molecule has 1 fully saturated rings. The highest BCUT2D eigenvalue weighted by molar-refractivity contribution is 7.15. The van der Waals surface area contributed by atoms with Crippen LogP contribution >= 0.6 is 22.9 Å². The van der Waals surface area contributed by atoms with E-state index in [1.165, 1.54) is 11.3 Å². The summed E-state index contributed by atoms with van der Waals surface area (Å²) in [6.07, 6.45) is 0. The van der Waals surface area contributed by atoms with Gasteiger partial charge in [-0.2, -0.15) is 0 Å². The fraction of sp³-hybridized carbons (Fsp3) is 0.310. The molecule has 2 amide bonds. The monoisotopic (exact) mass is 590 g/mol. The molecular weight excluding hydrogens is 564 g/mol. The predicted octanol–water partition coefficient (Wildman–Crippen LogP) is 5.33. The first-order valence-corrected chi connectivity index (χ1v) is 14.3. The van der Waals surface area contributed by atoms with E-state index in [9.17, 15) is 9.59 Å². The van der Waals surface area contributed by atoms with Crippen molar-refractivity contribution < 1.29 is 19.1 Å². The van der Waals surface area contributed by atoms with Gasteiger partial charge in [0.15, 0.2) is 0 Å².